The van der Waals surface area contributed by atoms with Crippen LogP contribution in [-0.4, -0.2) is 0 Å². The molecule has 1 aliphatic rings. The van der Waals surface area contributed by atoms with Crippen LogP contribution in [0.3, 0.4) is 0 Å². The van der Waals surface area contributed by atoms with Gasteiger partial charge in [-0.1, -0.05) is 127 Å². The lowest BCUT2D eigenvalue weighted by molar-refractivity contribution is 0.617. The van der Waals surface area contributed by atoms with Crippen LogP contribution in [0.1, 0.15) is 25.0 Å². The highest BCUT2D eigenvalue weighted by atomic mass is 32.3. The van der Waals surface area contributed by atoms with Crippen LogP contribution in [0.15, 0.2) is 174 Å². The fraction of sp³-hybridized carbons (Fsp3) is 0.0909. The van der Waals surface area contributed by atoms with Gasteiger partial charge in [0.25, 0.3) is 0 Å². The second kappa shape index (κ2) is 12.4. The molecule has 0 aliphatic carbocycles. The van der Waals surface area contributed by atoms with E-state index in [1.54, 1.807) is 0 Å². The number of fused-ring (bicyclic) bond motifs is 7. The van der Waals surface area contributed by atoms with E-state index in [0.717, 1.165) is 11.5 Å². The first-order chi connectivity index (χ1) is 22.4. The van der Waals surface area contributed by atoms with Crippen molar-refractivity contribution in [2.75, 3.05) is 0 Å². The molecule has 2 heteroatoms. The van der Waals surface area contributed by atoms with Crippen LogP contribution < -0.4 is 4.18 Å². The van der Waals surface area contributed by atoms with E-state index in [9.17, 15) is 0 Å². The summed E-state index contributed by atoms with van der Waals surface area (Å²) >= 11 is 0. The third kappa shape index (κ3) is 5.50. The molecule has 0 radical (unpaired) electrons. The molecule has 0 aromatic heterocycles. The van der Waals surface area contributed by atoms with Crippen LogP contribution in [-0.2, 0) is 5.75 Å². The van der Waals surface area contributed by atoms with Crippen LogP contribution in [0, 0.1) is 6.92 Å². The summed E-state index contributed by atoms with van der Waals surface area (Å²) in [7, 11) is -2.01. The van der Waals surface area contributed by atoms with Crippen molar-refractivity contribution in [2.45, 2.75) is 36.3 Å². The van der Waals surface area contributed by atoms with E-state index < -0.39 is 10.3 Å². The molecule has 7 aromatic rings. The zero-order chi connectivity index (χ0) is 31.7. The normalized spacial score (nSPS) is 16.5. The largest absolute Gasteiger partial charge is 0.439 e. The number of rotatable bonds is 3. The Hall–Kier alpha value is -5.05. The van der Waals surface area contributed by atoms with Crippen molar-refractivity contribution in [2.24, 2.45) is 0 Å². The highest BCUT2D eigenvalue weighted by Gasteiger charge is 2.37. The molecular formula is C44H38OS. The molecule has 0 amide bonds. The SMILES string of the molecule is C=C(C)C.Cc1cccc(S2(c3cccc(-c4ccccc4)c3)Cc3ccc4ccccc4c3-c3c(ccc4ccccc34)O2)c1. The summed E-state index contributed by atoms with van der Waals surface area (Å²) in [5.74, 6) is 1.74. The van der Waals surface area contributed by atoms with E-state index in [1.807, 2.05) is 13.8 Å². The average molecular weight is 615 g/mol. The minimum atomic E-state index is -2.01. The second-order valence-electron chi connectivity index (χ2n) is 12.3. The Morgan fingerprint density at radius 2 is 1.13 bits per heavy atom. The average Bonchev–Trinajstić information content (AvgIpc) is 3.24. The topological polar surface area (TPSA) is 9.23 Å². The van der Waals surface area contributed by atoms with Crippen molar-refractivity contribution < 1.29 is 4.18 Å². The number of aryl methyl sites for hydroxylation is 1. The first-order valence-electron chi connectivity index (χ1n) is 15.8. The van der Waals surface area contributed by atoms with Crippen LogP contribution >= 0.6 is 10.3 Å². The molecule has 0 bridgehead atoms. The summed E-state index contributed by atoms with van der Waals surface area (Å²) < 4.78 is 7.59. The Morgan fingerprint density at radius 3 is 1.83 bits per heavy atom. The molecule has 7 aromatic carbocycles. The van der Waals surface area contributed by atoms with Gasteiger partial charge in [-0.2, -0.15) is 0 Å². The lowest BCUT2D eigenvalue weighted by atomic mass is 9.90. The molecule has 1 nitrogen and oxygen atoms in total. The fourth-order valence-electron chi connectivity index (χ4n) is 6.44. The van der Waals surface area contributed by atoms with Crippen molar-refractivity contribution >= 4 is 31.9 Å². The van der Waals surface area contributed by atoms with E-state index in [0.29, 0.717) is 0 Å². The third-order valence-corrected chi connectivity index (χ3v) is 11.7. The molecule has 0 saturated carbocycles. The summed E-state index contributed by atoms with van der Waals surface area (Å²) in [5.41, 5.74) is 8.64. The summed E-state index contributed by atoms with van der Waals surface area (Å²) in [4.78, 5) is 2.47. The number of benzene rings is 7. The summed E-state index contributed by atoms with van der Waals surface area (Å²) in [5, 5.41) is 4.97. The molecule has 1 atom stereocenters. The van der Waals surface area contributed by atoms with Crippen LogP contribution in [0.4, 0.5) is 0 Å². The summed E-state index contributed by atoms with van der Waals surface area (Å²) in [6, 6.07) is 55.2. The van der Waals surface area contributed by atoms with Crippen molar-refractivity contribution in [1.82, 2.24) is 0 Å². The van der Waals surface area contributed by atoms with Crippen LogP contribution in [0.2, 0.25) is 0 Å². The monoisotopic (exact) mass is 614 g/mol. The molecule has 1 unspecified atom stereocenters. The summed E-state index contributed by atoms with van der Waals surface area (Å²) in [6.07, 6.45) is 0. The van der Waals surface area contributed by atoms with Crippen molar-refractivity contribution in [1.29, 1.82) is 0 Å². The third-order valence-electron chi connectivity index (χ3n) is 8.44. The number of hydrogen-bond acceptors (Lipinski definition) is 1. The highest BCUT2D eigenvalue weighted by Crippen LogP contribution is 2.68. The standard InChI is InChI=1S/C40H30OS.C4H8/c1-28-11-9-17-34(25-28)42(35-18-10-16-32(26-35)29-12-3-2-4-13-29)27-33-22-21-30-14-5-7-19-36(30)39(33)40-37-20-8-6-15-31(37)23-24-38(40)41-42;1-4(2)3/h2-26H,27H2,1H3;1H2,2-3H3. The van der Waals surface area contributed by atoms with E-state index in [1.165, 1.54) is 70.3 Å². The Bertz CT molecular complexity index is 2120. The number of allylic oxidation sites excluding steroid dienone is 1. The highest BCUT2D eigenvalue weighted by molar-refractivity contribution is 8.29. The molecular weight excluding hydrogens is 577 g/mol. The minimum absolute atomic E-state index is 0.790. The molecule has 8 rings (SSSR count). The Labute approximate surface area is 274 Å². The van der Waals surface area contributed by atoms with Crippen molar-refractivity contribution in [3.8, 4) is 28.0 Å². The lowest BCUT2D eigenvalue weighted by Crippen LogP contribution is -2.12. The first kappa shape index (κ1) is 29.6. The molecule has 1 heterocycles. The van der Waals surface area contributed by atoms with Gasteiger partial charge in [0.2, 0.25) is 0 Å². The lowest BCUT2D eigenvalue weighted by Gasteiger charge is -2.40. The Morgan fingerprint density at radius 1 is 0.565 bits per heavy atom. The van der Waals surface area contributed by atoms with Gasteiger partial charge in [0.1, 0.15) is 5.75 Å². The molecule has 1 aliphatic heterocycles. The maximum absolute atomic E-state index is 7.59. The summed E-state index contributed by atoms with van der Waals surface area (Å²) in [6.45, 7) is 9.68. The molecule has 0 N–H and O–H groups in total. The van der Waals surface area contributed by atoms with Crippen LogP contribution in [0.5, 0.6) is 5.75 Å². The second-order valence-corrected chi connectivity index (χ2v) is 15.0. The molecule has 0 saturated heterocycles. The molecule has 0 spiro atoms. The predicted octanol–water partition coefficient (Wildman–Crippen LogP) is 12.9. The quantitative estimate of drug-likeness (QED) is 0.180. The van der Waals surface area contributed by atoms with E-state index >= 15 is 0 Å². The molecule has 46 heavy (non-hydrogen) atoms. The van der Waals surface area contributed by atoms with E-state index in [4.69, 9.17) is 4.18 Å². The maximum Gasteiger partial charge on any atom is 0.144 e. The Balaban J connectivity index is 0.000000801. The van der Waals surface area contributed by atoms with Crippen LogP contribution in [0.25, 0.3) is 43.8 Å². The van der Waals surface area contributed by atoms with Gasteiger partial charge < -0.3 is 4.18 Å². The Kier molecular flexibility index (Phi) is 7.98. The zero-order valence-electron chi connectivity index (χ0n) is 26.7. The van der Waals surface area contributed by atoms with Gasteiger partial charge in [0, 0.05) is 21.1 Å². The minimum Gasteiger partial charge on any atom is -0.439 e. The zero-order valence-corrected chi connectivity index (χ0v) is 27.5. The van der Waals surface area contributed by atoms with Gasteiger partial charge in [-0.25, -0.2) is 0 Å². The van der Waals surface area contributed by atoms with Crippen molar-refractivity contribution in [3.05, 3.63) is 175 Å². The first-order valence-corrected chi connectivity index (χ1v) is 17.5. The van der Waals surface area contributed by atoms with Gasteiger partial charge in [-0.15, -0.1) is 6.58 Å². The predicted molar refractivity (Wildman–Crippen MR) is 199 cm³/mol. The van der Waals surface area contributed by atoms with Crippen molar-refractivity contribution in [3.63, 3.8) is 0 Å². The smallest absolute Gasteiger partial charge is 0.144 e. The van der Waals surface area contributed by atoms with Gasteiger partial charge in [-0.05, 0) is 111 Å². The number of hydrogen-bond donors (Lipinski definition) is 0. The van der Waals surface area contributed by atoms with Gasteiger partial charge in [0.15, 0.2) is 0 Å². The van der Waals surface area contributed by atoms with Gasteiger partial charge in [-0.3, -0.25) is 0 Å². The van der Waals surface area contributed by atoms with E-state index in [-0.39, 0.29) is 0 Å². The van der Waals surface area contributed by atoms with Gasteiger partial charge >= 0.3 is 0 Å². The fourth-order valence-corrected chi connectivity index (χ4v) is 9.71. The molecule has 226 valence electrons. The van der Waals surface area contributed by atoms with E-state index in [2.05, 4.69) is 165 Å². The van der Waals surface area contributed by atoms with Gasteiger partial charge in [0.05, 0.1) is 0 Å². The maximum atomic E-state index is 7.59. The molecule has 0 fully saturated rings.